The third-order valence-electron chi connectivity index (χ3n) is 5.27. The van der Waals surface area contributed by atoms with Crippen molar-refractivity contribution in [3.05, 3.63) is 0 Å². The van der Waals surface area contributed by atoms with Crippen molar-refractivity contribution in [3.63, 3.8) is 0 Å². The fourth-order valence-electron chi connectivity index (χ4n) is 3.91. The van der Waals surface area contributed by atoms with Crippen molar-refractivity contribution in [2.24, 2.45) is 11.8 Å². The number of likely N-dealkylation sites (tertiary alicyclic amines) is 1. The largest absolute Gasteiger partial charge is 0.365 e. The van der Waals surface area contributed by atoms with Crippen LogP contribution in [0.5, 0.6) is 0 Å². The highest BCUT2D eigenvalue weighted by Gasteiger charge is 2.31. The van der Waals surface area contributed by atoms with Gasteiger partial charge in [0.25, 0.3) is 5.91 Å². The van der Waals surface area contributed by atoms with Crippen molar-refractivity contribution < 1.29 is 9.53 Å². The van der Waals surface area contributed by atoms with Crippen molar-refractivity contribution >= 4 is 5.91 Å². The number of hydrogen-bond donors (Lipinski definition) is 0. The second-order valence-electron chi connectivity index (χ2n) is 7.55. The summed E-state index contributed by atoms with van der Waals surface area (Å²) in [6.07, 6.45) is 8.39. The molecule has 0 radical (unpaired) electrons. The molecule has 1 heterocycles. The second kappa shape index (κ2) is 7.62. The summed E-state index contributed by atoms with van der Waals surface area (Å²) in [6, 6.07) is 0.360. The molecule has 1 saturated heterocycles. The molecule has 0 aromatic heterocycles. The van der Waals surface area contributed by atoms with Crippen molar-refractivity contribution in [2.45, 2.75) is 90.9 Å². The molecule has 0 aromatic carbocycles. The van der Waals surface area contributed by atoms with E-state index in [0.29, 0.717) is 12.0 Å². The van der Waals surface area contributed by atoms with Gasteiger partial charge in [-0.3, -0.25) is 4.79 Å². The van der Waals surface area contributed by atoms with Gasteiger partial charge < -0.3 is 9.64 Å². The predicted molar refractivity (Wildman–Crippen MR) is 86.2 cm³/mol. The molecule has 122 valence electrons. The van der Waals surface area contributed by atoms with E-state index in [1.54, 1.807) is 0 Å². The summed E-state index contributed by atoms with van der Waals surface area (Å²) in [5.41, 5.74) is 0. The lowest BCUT2D eigenvalue weighted by atomic mass is 9.88. The predicted octanol–water partition coefficient (Wildman–Crippen LogP) is 4.01. The Bertz CT molecular complexity index is 344. The molecule has 1 saturated carbocycles. The zero-order valence-electron chi connectivity index (χ0n) is 14.3. The van der Waals surface area contributed by atoms with Crippen LogP contribution in [0.2, 0.25) is 0 Å². The van der Waals surface area contributed by atoms with Gasteiger partial charge in [-0.2, -0.15) is 0 Å². The van der Waals surface area contributed by atoms with Gasteiger partial charge in [0.1, 0.15) is 6.10 Å². The summed E-state index contributed by atoms with van der Waals surface area (Å²) in [4.78, 5) is 14.8. The molecule has 2 aliphatic rings. The smallest absolute Gasteiger partial charge is 0.251 e. The van der Waals surface area contributed by atoms with E-state index in [4.69, 9.17) is 4.74 Å². The normalized spacial score (nSPS) is 36.1. The van der Waals surface area contributed by atoms with E-state index in [1.807, 2.05) is 6.92 Å². The van der Waals surface area contributed by atoms with Gasteiger partial charge in [0.2, 0.25) is 0 Å². The Morgan fingerprint density at radius 3 is 2.43 bits per heavy atom. The van der Waals surface area contributed by atoms with Crippen LogP contribution in [0.25, 0.3) is 0 Å². The van der Waals surface area contributed by atoms with Crippen LogP contribution in [0.3, 0.4) is 0 Å². The average molecular weight is 295 g/mol. The highest BCUT2D eigenvalue weighted by molar-refractivity contribution is 5.80. The molecule has 0 unspecified atom stereocenters. The maximum Gasteiger partial charge on any atom is 0.251 e. The Kier molecular flexibility index (Phi) is 6.09. The summed E-state index contributed by atoms with van der Waals surface area (Å²) in [6.45, 7) is 9.58. The van der Waals surface area contributed by atoms with E-state index < -0.39 is 0 Å². The maximum absolute atomic E-state index is 12.8. The van der Waals surface area contributed by atoms with Crippen LogP contribution in [0.1, 0.15) is 72.6 Å². The van der Waals surface area contributed by atoms with E-state index in [1.165, 1.54) is 25.7 Å². The number of ether oxygens (including phenoxy) is 1. The monoisotopic (exact) mass is 295 g/mol. The first kappa shape index (κ1) is 16.8. The minimum absolute atomic E-state index is 0.203. The van der Waals surface area contributed by atoms with Gasteiger partial charge in [-0.1, -0.05) is 33.1 Å². The molecule has 2 rings (SSSR count). The standard InChI is InChI=1S/C18H33NO2/c1-13-7-6-10-17(11-13)21-16(4)18(20)19-12-14(2)8-5-9-15(19)3/h13-17H,5-12H2,1-4H3/t13-,14-,15+,16-,17+/m1/s1. The number of carbonyl (C=O) groups is 1. The zero-order valence-corrected chi connectivity index (χ0v) is 14.3. The number of carbonyl (C=O) groups excluding carboxylic acids is 1. The first-order chi connectivity index (χ1) is 9.97. The van der Waals surface area contributed by atoms with Crippen LogP contribution < -0.4 is 0 Å². The molecule has 5 atom stereocenters. The first-order valence-corrected chi connectivity index (χ1v) is 8.93. The van der Waals surface area contributed by atoms with Gasteiger partial charge in [-0.15, -0.1) is 0 Å². The van der Waals surface area contributed by atoms with Crippen LogP contribution in [0, 0.1) is 11.8 Å². The molecular formula is C18H33NO2. The summed E-state index contributed by atoms with van der Waals surface area (Å²) in [5, 5.41) is 0. The van der Waals surface area contributed by atoms with Gasteiger partial charge in [-0.05, 0) is 51.4 Å². The van der Waals surface area contributed by atoms with Crippen molar-refractivity contribution in [1.29, 1.82) is 0 Å². The van der Waals surface area contributed by atoms with Gasteiger partial charge in [0, 0.05) is 12.6 Å². The van der Waals surface area contributed by atoms with Crippen LogP contribution in [0.15, 0.2) is 0 Å². The molecule has 21 heavy (non-hydrogen) atoms. The first-order valence-electron chi connectivity index (χ1n) is 8.93. The number of amides is 1. The minimum Gasteiger partial charge on any atom is -0.365 e. The maximum atomic E-state index is 12.8. The van der Waals surface area contributed by atoms with Crippen molar-refractivity contribution in [2.75, 3.05) is 6.54 Å². The summed E-state index contributed by atoms with van der Waals surface area (Å²) in [7, 11) is 0. The lowest BCUT2D eigenvalue weighted by Crippen LogP contribution is -2.46. The minimum atomic E-state index is -0.284. The SMILES string of the molecule is C[C@@H]1CCC[C@H](O[C@H](C)C(=O)N2C[C@H](C)CCC[C@@H]2C)C1. The van der Waals surface area contributed by atoms with E-state index in [-0.39, 0.29) is 18.1 Å². The van der Waals surface area contributed by atoms with E-state index in [0.717, 1.165) is 31.7 Å². The fourth-order valence-corrected chi connectivity index (χ4v) is 3.91. The lowest BCUT2D eigenvalue weighted by Gasteiger charge is -2.34. The third kappa shape index (κ3) is 4.70. The summed E-state index contributed by atoms with van der Waals surface area (Å²) in [5.74, 6) is 1.55. The number of hydrogen-bond acceptors (Lipinski definition) is 2. The topological polar surface area (TPSA) is 29.5 Å². The zero-order chi connectivity index (χ0) is 15.4. The molecule has 0 aromatic rings. The van der Waals surface area contributed by atoms with Crippen LogP contribution >= 0.6 is 0 Å². The lowest BCUT2D eigenvalue weighted by molar-refractivity contribution is -0.150. The molecule has 3 nitrogen and oxygen atoms in total. The van der Waals surface area contributed by atoms with Crippen LogP contribution in [-0.4, -0.2) is 35.6 Å². The second-order valence-corrected chi connectivity index (χ2v) is 7.55. The molecule has 2 fully saturated rings. The highest BCUT2D eigenvalue weighted by atomic mass is 16.5. The molecule has 1 aliphatic carbocycles. The molecular weight excluding hydrogens is 262 g/mol. The van der Waals surface area contributed by atoms with E-state index in [9.17, 15) is 4.79 Å². The van der Waals surface area contributed by atoms with Crippen LogP contribution in [0.4, 0.5) is 0 Å². The molecule has 0 spiro atoms. The molecule has 3 heteroatoms. The van der Waals surface area contributed by atoms with Crippen molar-refractivity contribution in [3.8, 4) is 0 Å². The van der Waals surface area contributed by atoms with Gasteiger partial charge in [0.05, 0.1) is 6.10 Å². The summed E-state index contributed by atoms with van der Waals surface area (Å²) < 4.78 is 6.11. The molecule has 1 aliphatic heterocycles. The third-order valence-corrected chi connectivity index (χ3v) is 5.27. The Morgan fingerprint density at radius 1 is 1.05 bits per heavy atom. The Hall–Kier alpha value is -0.570. The Labute approximate surface area is 130 Å². The highest BCUT2D eigenvalue weighted by Crippen LogP contribution is 2.27. The number of nitrogens with zero attached hydrogens (tertiary/aromatic N) is 1. The fraction of sp³-hybridized carbons (Fsp3) is 0.944. The Balaban J connectivity index is 1.90. The van der Waals surface area contributed by atoms with Crippen LogP contribution in [-0.2, 0) is 9.53 Å². The van der Waals surface area contributed by atoms with E-state index >= 15 is 0 Å². The molecule has 1 amide bonds. The van der Waals surface area contributed by atoms with Gasteiger partial charge >= 0.3 is 0 Å². The van der Waals surface area contributed by atoms with Gasteiger partial charge in [0.15, 0.2) is 0 Å². The van der Waals surface area contributed by atoms with E-state index in [2.05, 4.69) is 25.7 Å². The number of rotatable bonds is 3. The van der Waals surface area contributed by atoms with Crippen molar-refractivity contribution in [1.82, 2.24) is 4.90 Å². The molecule has 0 bridgehead atoms. The molecule has 0 N–H and O–H groups in total. The average Bonchev–Trinajstić information content (AvgIpc) is 2.59. The Morgan fingerprint density at radius 2 is 1.71 bits per heavy atom. The van der Waals surface area contributed by atoms with Gasteiger partial charge in [-0.25, -0.2) is 0 Å². The summed E-state index contributed by atoms with van der Waals surface area (Å²) >= 11 is 0. The quantitative estimate of drug-likeness (QED) is 0.787.